The van der Waals surface area contributed by atoms with Crippen molar-refractivity contribution in [3.63, 3.8) is 0 Å². The zero-order chi connectivity index (χ0) is 12.1. The summed E-state index contributed by atoms with van der Waals surface area (Å²) in [5, 5.41) is 14.6. The summed E-state index contributed by atoms with van der Waals surface area (Å²) in [7, 11) is 1.44. The zero-order valence-electron chi connectivity index (χ0n) is 8.64. The molecule has 1 rings (SSSR count). The van der Waals surface area contributed by atoms with Crippen LogP contribution in [0.25, 0.3) is 0 Å². The van der Waals surface area contributed by atoms with E-state index in [0.717, 1.165) is 6.20 Å². The predicted octanol–water partition coefficient (Wildman–Crippen LogP) is -0.713. The Kier molecular flexibility index (Phi) is 3.76. The minimum atomic E-state index is -1.11. The van der Waals surface area contributed by atoms with Gasteiger partial charge in [0.15, 0.2) is 5.78 Å². The van der Waals surface area contributed by atoms with Crippen molar-refractivity contribution in [1.82, 2.24) is 15.1 Å². The third-order valence-corrected chi connectivity index (χ3v) is 1.86. The number of nitrogens with one attached hydrogen (secondary N) is 1. The lowest BCUT2D eigenvalue weighted by Crippen LogP contribution is -2.23. The van der Waals surface area contributed by atoms with Crippen molar-refractivity contribution in [2.24, 2.45) is 0 Å². The molecular formula is C9H11N3O4. The average Bonchev–Trinajstić information content (AvgIpc) is 2.65. The molecule has 7 nitrogen and oxygen atoms in total. The van der Waals surface area contributed by atoms with Crippen LogP contribution < -0.4 is 5.32 Å². The van der Waals surface area contributed by atoms with Gasteiger partial charge in [-0.2, -0.15) is 5.10 Å². The normalized spacial score (nSPS) is 9.81. The molecule has 0 aromatic carbocycles. The SMILES string of the molecule is CNC(=O)CC(=O)Cn1cc(C(=O)O)cn1. The van der Waals surface area contributed by atoms with E-state index in [9.17, 15) is 14.4 Å². The van der Waals surface area contributed by atoms with E-state index in [-0.39, 0.29) is 30.2 Å². The van der Waals surface area contributed by atoms with E-state index < -0.39 is 5.97 Å². The molecule has 1 amide bonds. The highest BCUT2D eigenvalue weighted by molar-refractivity contribution is 5.97. The highest BCUT2D eigenvalue weighted by atomic mass is 16.4. The number of aromatic nitrogens is 2. The first kappa shape index (κ1) is 11.9. The van der Waals surface area contributed by atoms with Crippen LogP contribution in [0.1, 0.15) is 16.8 Å². The summed E-state index contributed by atoms with van der Waals surface area (Å²) in [5.74, 6) is -1.82. The maximum Gasteiger partial charge on any atom is 0.338 e. The van der Waals surface area contributed by atoms with E-state index in [1.807, 2.05) is 0 Å². The summed E-state index contributed by atoms with van der Waals surface area (Å²) in [6.45, 7) is -0.110. The number of carboxylic acid groups (broad SMARTS) is 1. The molecule has 0 spiro atoms. The molecule has 2 N–H and O–H groups in total. The number of carboxylic acids is 1. The number of Topliss-reactive ketones (excluding diaryl/α,β-unsaturated/α-hetero) is 1. The van der Waals surface area contributed by atoms with Crippen LogP contribution in [0.2, 0.25) is 0 Å². The summed E-state index contributed by atoms with van der Waals surface area (Å²) in [6.07, 6.45) is 2.15. The molecule has 0 atom stereocenters. The molecule has 0 aliphatic heterocycles. The number of aromatic carboxylic acids is 1. The van der Waals surface area contributed by atoms with Crippen LogP contribution in [0.5, 0.6) is 0 Å². The van der Waals surface area contributed by atoms with Crippen molar-refractivity contribution in [3.8, 4) is 0 Å². The molecular weight excluding hydrogens is 214 g/mol. The molecule has 0 saturated heterocycles. The van der Waals surface area contributed by atoms with Gasteiger partial charge >= 0.3 is 5.97 Å². The third-order valence-electron chi connectivity index (χ3n) is 1.86. The van der Waals surface area contributed by atoms with Crippen molar-refractivity contribution < 1.29 is 19.5 Å². The Bertz CT molecular complexity index is 424. The fourth-order valence-electron chi connectivity index (χ4n) is 1.06. The summed E-state index contributed by atoms with van der Waals surface area (Å²) in [6, 6.07) is 0. The topological polar surface area (TPSA) is 101 Å². The lowest BCUT2D eigenvalue weighted by molar-refractivity contribution is -0.128. The summed E-state index contributed by atoms with van der Waals surface area (Å²) in [5.41, 5.74) is 0.00717. The van der Waals surface area contributed by atoms with Crippen LogP contribution in [0, 0.1) is 0 Å². The van der Waals surface area contributed by atoms with Crippen LogP contribution in [0.4, 0.5) is 0 Å². The molecule has 0 unspecified atom stereocenters. The zero-order valence-corrected chi connectivity index (χ0v) is 8.64. The quantitative estimate of drug-likeness (QED) is 0.644. The first-order valence-corrected chi connectivity index (χ1v) is 4.51. The number of hydrogen-bond acceptors (Lipinski definition) is 4. The Morgan fingerprint density at radius 1 is 1.50 bits per heavy atom. The van der Waals surface area contributed by atoms with Gasteiger partial charge in [-0.15, -0.1) is 0 Å². The Morgan fingerprint density at radius 3 is 2.69 bits per heavy atom. The molecule has 16 heavy (non-hydrogen) atoms. The maximum absolute atomic E-state index is 11.3. The Hall–Kier alpha value is -2.18. The number of carbonyl (C=O) groups excluding carboxylic acids is 2. The van der Waals surface area contributed by atoms with Crippen LogP contribution in [-0.2, 0) is 16.1 Å². The van der Waals surface area contributed by atoms with Crippen molar-refractivity contribution >= 4 is 17.7 Å². The highest BCUT2D eigenvalue weighted by Gasteiger charge is 2.11. The molecule has 86 valence electrons. The number of hydrogen-bond donors (Lipinski definition) is 2. The predicted molar refractivity (Wildman–Crippen MR) is 52.9 cm³/mol. The fraction of sp³-hybridized carbons (Fsp3) is 0.333. The van der Waals surface area contributed by atoms with Gasteiger partial charge < -0.3 is 10.4 Å². The molecule has 0 aliphatic rings. The fourth-order valence-corrected chi connectivity index (χ4v) is 1.06. The van der Waals surface area contributed by atoms with Gasteiger partial charge in [-0.3, -0.25) is 14.3 Å². The monoisotopic (exact) mass is 225 g/mol. The van der Waals surface area contributed by atoms with Crippen molar-refractivity contribution in [2.75, 3.05) is 7.05 Å². The smallest absolute Gasteiger partial charge is 0.338 e. The molecule has 0 fully saturated rings. The first-order valence-electron chi connectivity index (χ1n) is 4.51. The third kappa shape index (κ3) is 3.19. The van der Waals surface area contributed by atoms with E-state index in [0.29, 0.717) is 0 Å². The summed E-state index contributed by atoms with van der Waals surface area (Å²) >= 11 is 0. The number of amides is 1. The average molecular weight is 225 g/mol. The summed E-state index contributed by atoms with van der Waals surface area (Å²) < 4.78 is 1.19. The molecule has 0 bridgehead atoms. The minimum absolute atomic E-state index is 0.00717. The van der Waals surface area contributed by atoms with Crippen LogP contribution in [-0.4, -0.2) is 39.6 Å². The minimum Gasteiger partial charge on any atom is -0.478 e. The van der Waals surface area contributed by atoms with Gasteiger partial charge in [-0.1, -0.05) is 0 Å². The van der Waals surface area contributed by atoms with Crippen molar-refractivity contribution in [2.45, 2.75) is 13.0 Å². The molecule has 7 heteroatoms. The number of carbonyl (C=O) groups is 3. The number of ketones is 1. The first-order chi connectivity index (χ1) is 7.52. The Morgan fingerprint density at radius 2 is 2.19 bits per heavy atom. The highest BCUT2D eigenvalue weighted by Crippen LogP contribution is 1.98. The van der Waals surface area contributed by atoms with Crippen molar-refractivity contribution in [3.05, 3.63) is 18.0 Å². The van der Waals surface area contributed by atoms with Crippen molar-refractivity contribution in [1.29, 1.82) is 0 Å². The maximum atomic E-state index is 11.3. The van der Waals surface area contributed by atoms with E-state index >= 15 is 0 Å². The lowest BCUT2D eigenvalue weighted by Gasteiger charge is -2.00. The van der Waals surface area contributed by atoms with E-state index in [1.54, 1.807) is 0 Å². The largest absolute Gasteiger partial charge is 0.478 e. The second kappa shape index (κ2) is 5.06. The molecule has 0 radical (unpaired) electrons. The van der Waals surface area contributed by atoms with Gasteiger partial charge in [-0.25, -0.2) is 4.79 Å². The van der Waals surface area contributed by atoms with E-state index in [2.05, 4.69) is 10.4 Å². The van der Waals surface area contributed by atoms with Gasteiger partial charge in [0, 0.05) is 13.2 Å². The lowest BCUT2D eigenvalue weighted by atomic mass is 10.2. The second-order valence-electron chi connectivity index (χ2n) is 3.12. The standard InChI is InChI=1S/C9H11N3O4/c1-10-8(14)2-7(13)5-12-4-6(3-11-12)9(15)16/h3-4H,2,5H2,1H3,(H,10,14)(H,15,16). The van der Waals surface area contributed by atoms with Gasteiger partial charge in [0.05, 0.1) is 18.2 Å². The van der Waals surface area contributed by atoms with Crippen LogP contribution >= 0.6 is 0 Å². The van der Waals surface area contributed by atoms with Crippen LogP contribution in [0.15, 0.2) is 12.4 Å². The second-order valence-corrected chi connectivity index (χ2v) is 3.12. The molecule has 1 aromatic heterocycles. The van der Waals surface area contributed by atoms with Crippen LogP contribution in [0.3, 0.4) is 0 Å². The molecule has 0 aliphatic carbocycles. The van der Waals surface area contributed by atoms with Gasteiger partial charge in [-0.05, 0) is 0 Å². The number of rotatable bonds is 5. The molecule has 1 aromatic rings. The van der Waals surface area contributed by atoms with Gasteiger partial charge in [0.25, 0.3) is 0 Å². The van der Waals surface area contributed by atoms with Gasteiger partial charge in [0.2, 0.25) is 5.91 Å². The van der Waals surface area contributed by atoms with Gasteiger partial charge in [0.1, 0.15) is 6.54 Å². The molecule has 0 saturated carbocycles. The number of nitrogens with zero attached hydrogens (tertiary/aromatic N) is 2. The van der Waals surface area contributed by atoms with E-state index in [1.165, 1.54) is 17.9 Å². The Balaban J connectivity index is 2.56. The molecule has 1 heterocycles. The summed E-state index contributed by atoms with van der Waals surface area (Å²) in [4.78, 5) is 32.7. The van der Waals surface area contributed by atoms with E-state index in [4.69, 9.17) is 5.11 Å². The Labute approximate surface area is 91.1 Å².